The monoisotopic (exact) mass is 662 g/mol. The van der Waals surface area contributed by atoms with Crippen molar-refractivity contribution in [2.24, 2.45) is 12.0 Å². The van der Waals surface area contributed by atoms with E-state index in [2.05, 4.69) is 26.2 Å². The molecule has 1 aliphatic carbocycles. The molecule has 4 aromatic rings. The van der Waals surface area contributed by atoms with Crippen molar-refractivity contribution >= 4 is 27.9 Å². The van der Waals surface area contributed by atoms with Crippen molar-refractivity contribution in [2.45, 2.75) is 37.5 Å². The van der Waals surface area contributed by atoms with E-state index in [0.29, 0.717) is 12.8 Å². The Hall–Kier alpha value is -4.26. The van der Waals surface area contributed by atoms with E-state index in [1.165, 1.54) is 27.6 Å². The summed E-state index contributed by atoms with van der Waals surface area (Å²) in [6.07, 6.45) is -1.57. The molecule has 5 rings (SSSR count). The molecule has 0 aliphatic heterocycles. The number of nitrogens with zero attached hydrogens (tertiary/aromatic N) is 3. The number of carbonyl (C=O) groups is 2. The second-order valence-corrected chi connectivity index (χ2v) is 11.2. The van der Waals surface area contributed by atoms with E-state index in [4.69, 9.17) is 0 Å². The van der Waals surface area contributed by atoms with Gasteiger partial charge in [0.25, 0.3) is 5.91 Å². The van der Waals surface area contributed by atoms with Crippen LogP contribution in [-0.4, -0.2) is 26.2 Å². The van der Waals surface area contributed by atoms with Crippen LogP contribution in [0.15, 0.2) is 76.5 Å². The van der Waals surface area contributed by atoms with Gasteiger partial charge in [0.1, 0.15) is 11.6 Å². The Kier molecular flexibility index (Phi) is 8.03. The molecule has 1 fully saturated rings. The first-order valence-corrected chi connectivity index (χ1v) is 13.8. The van der Waals surface area contributed by atoms with E-state index >= 15 is 4.39 Å². The van der Waals surface area contributed by atoms with Crippen LogP contribution in [-0.2, 0) is 25.3 Å². The average Bonchev–Trinajstić information content (AvgIpc) is 3.24. The fourth-order valence-electron chi connectivity index (χ4n) is 5.27. The summed E-state index contributed by atoms with van der Waals surface area (Å²) < 4.78 is 75.6. The van der Waals surface area contributed by atoms with Crippen molar-refractivity contribution in [2.75, 3.05) is 0 Å². The molecular formula is C30H24BrF5N4O3. The van der Waals surface area contributed by atoms with Crippen molar-refractivity contribution in [1.82, 2.24) is 14.5 Å². The number of alkyl halides is 3. The number of halogens is 6. The minimum atomic E-state index is -5.03. The number of benzene rings is 3. The predicted molar refractivity (Wildman–Crippen MR) is 150 cm³/mol. The van der Waals surface area contributed by atoms with Crippen LogP contribution in [0.5, 0.6) is 0 Å². The maximum Gasteiger partial charge on any atom is 0.434 e. The first kappa shape index (κ1) is 30.2. The molecule has 0 unspecified atom stereocenters. The van der Waals surface area contributed by atoms with E-state index in [-0.39, 0.29) is 23.8 Å². The molecule has 0 atom stereocenters. The highest BCUT2D eigenvalue weighted by molar-refractivity contribution is 9.10. The molecule has 3 aromatic carbocycles. The highest BCUT2D eigenvalue weighted by Crippen LogP contribution is 2.43. The summed E-state index contributed by atoms with van der Waals surface area (Å²) in [7, 11) is 1.54. The summed E-state index contributed by atoms with van der Waals surface area (Å²) in [5.41, 5.74) is -2.98. The standard InChI is InChI=1S/C30H24BrF5N4O3/c1-39-10-11-40(27(39)37-28(42)43)16-17-12-22(21-7-6-20(32)15-24(21)30(34,35)36)25(33)23(13-17)26(41)38-29(8-3-9-29)18-4-2-5-19(31)14-18/h2,4-7,10-15H,3,8-9,16H2,1H3,(H,38,41)(H,42,43). The lowest BCUT2D eigenvalue weighted by Gasteiger charge is -2.43. The molecule has 2 amide bonds. The van der Waals surface area contributed by atoms with Crippen LogP contribution in [0.3, 0.4) is 0 Å². The molecule has 0 radical (unpaired) electrons. The van der Waals surface area contributed by atoms with Gasteiger partial charge < -0.3 is 19.6 Å². The highest BCUT2D eigenvalue weighted by Gasteiger charge is 2.41. The number of amides is 2. The van der Waals surface area contributed by atoms with Gasteiger partial charge in [-0.15, -0.1) is 4.99 Å². The van der Waals surface area contributed by atoms with Gasteiger partial charge in [-0.1, -0.05) is 34.1 Å². The first-order chi connectivity index (χ1) is 20.3. The van der Waals surface area contributed by atoms with Crippen LogP contribution in [0.1, 0.15) is 46.3 Å². The van der Waals surface area contributed by atoms with E-state index in [1.807, 2.05) is 18.2 Å². The van der Waals surface area contributed by atoms with Gasteiger partial charge in [0.05, 0.1) is 23.2 Å². The first-order valence-electron chi connectivity index (χ1n) is 13.0. The number of rotatable bonds is 6. The third-order valence-corrected chi connectivity index (χ3v) is 7.98. The molecule has 224 valence electrons. The average molecular weight is 663 g/mol. The van der Waals surface area contributed by atoms with Crippen molar-refractivity contribution in [3.63, 3.8) is 0 Å². The lowest BCUT2D eigenvalue weighted by atomic mass is 9.71. The quantitative estimate of drug-likeness (QED) is 0.218. The van der Waals surface area contributed by atoms with Crippen LogP contribution >= 0.6 is 15.9 Å². The molecule has 1 heterocycles. The number of aryl methyl sites for hydroxylation is 1. The van der Waals surface area contributed by atoms with Crippen LogP contribution in [0.4, 0.5) is 26.7 Å². The molecule has 7 nitrogen and oxygen atoms in total. The Balaban J connectivity index is 1.66. The van der Waals surface area contributed by atoms with Gasteiger partial charge >= 0.3 is 12.3 Å². The second-order valence-electron chi connectivity index (χ2n) is 10.3. The topological polar surface area (TPSA) is 88.6 Å². The van der Waals surface area contributed by atoms with Gasteiger partial charge in [-0.05, 0) is 72.4 Å². The number of carboxylic acid groups (broad SMARTS) is 1. The number of hydrogen-bond acceptors (Lipinski definition) is 2. The minimum absolute atomic E-state index is 0.00906. The van der Waals surface area contributed by atoms with Crippen LogP contribution in [0.2, 0.25) is 0 Å². The molecule has 13 heteroatoms. The van der Waals surface area contributed by atoms with E-state index in [9.17, 15) is 32.3 Å². The summed E-state index contributed by atoms with van der Waals surface area (Å²) in [6.45, 7) is -0.167. The Bertz CT molecular complexity index is 1810. The van der Waals surface area contributed by atoms with Crippen molar-refractivity contribution in [3.05, 3.63) is 111 Å². The molecular weight excluding hydrogens is 639 g/mol. The summed E-state index contributed by atoms with van der Waals surface area (Å²) in [5.74, 6) is -3.22. The van der Waals surface area contributed by atoms with Crippen molar-refractivity contribution < 1.29 is 36.6 Å². The van der Waals surface area contributed by atoms with Crippen LogP contribution in [0, 0.1) is 11.6 Å². The fourth-order valence-corrected chi connectivity index (χ4v) is 5.67. The van der Waals surface area contributed by atoms with Crippen LogP contribution in [0.25, 0.3) is 11.1 Å². The Morgan fingerprint density at radius 3 is 2.42 bits per heavy atom. The molecule has 1 aromatic heterocycles. The maximum atomic E-state index is 16.2. The van der Waals surface area contributed by atoms with Gasteiger partial charge in [0.15, 0.2) is 0 Å². The highest BCUT2D eigenvalue weighted by atomic mass is 79.9. The minimum Gasteiger partial charge on any atom is -0.463 e. The van der Waals surface area contributed by atoms with Gasteiger partial charge in [-0.3, -0.25) is 4.79 Å². The maximum absolute atomic E-state index is 16.2. The molecule has 1 saturated carbocycles. The third-order valence-electron chi connectivity index (χ3n) is 7.48. The fraction of sp³-hybridized carbons (Fsp3) is 0.233. The number of nitrogens with one attached hydrogen (secondary N) is 1. The largest absolute Gasteiger partial charge is 0.463 e. The smallest absolute Gasteiger partial charge is 0.434 e. The van der Waals surface area contributed by atoms with E-state index in [1.54, 1.807) is 13.1 Å². The third kappa shape index (κ3) is 6.12. The Morgan fingerprint density at radius 1 is 1.05 bits per heavy atom. The van der Waals surface area contributed by atoms with E-state index in [0.717, 1.165) is 34.7 Å². The van der Waals surface area contributed by atoms with Gasteiger partial charge in [-0.25, -0.2) is 13.6 Å². The molecule has 43 heavy (non-hydrogen) atoms. The molecule has 0 bridgehead atoms. The molecule has 0 saturated heterocycles. The van der Waals surface area contributed by atoms with Crippen LogP contribution < -0.4 is 10.9 Å². The normalized spacial score (nSPS) is 14.8. The summed E-state index contributed by atoms with van der Waals surface area (Å²) >= 11 is 3.42. The molecule has 1 aliphatic rings. The van der Waals surface area contributed by atoms with Gasteiger partial charge in [0.2, 0.25) is 5.62 Å². The second kappa shape index (κ2) is 11.4. The number of hydrogen-bond donors (Lipinski definition) is 2. The summed E-state index contributed by atoms with van der Waals surface area (Å²) in [4.78, 5) is 28.5. The molecule has 0 spiro atoms. The zero-order valence-electron chi connectivity index (χ0n) is 22.6. The lowest BCUT2D eigenvalue weighted by molar-refractivity contribution is -0.137. The van der Waals surface area contributed by atoms with Crippen molar-refractivity contribution in [3.8, 4) is 11.1 Å². The van der Waals surface area contributed by atoms with Crippen molar-refractivity contribution in [1.29, 1.82) is 0 Å². The Morgan fingerprint density at radius 2 is 1.79 bits per heavy atom. The van der Waals surface area contributed by atoms with E-state index < -0.39 is 57.6 Å². The SMILES string of the molecule is Cn1ccn(Cc2cc(C(=O)NC3(c4cccc(Br)c4)CCC3)c(F)c(-c3ccc(F)cc3C(F)(F)F)c2)c1=NC(=O)O. The zero-order valence-corrected chi connectivity index (χ0v) is 24.1. The van der Waals surface area contributed by atoms with Gasteiger partial charge in [-0.2, -0.15) is 13.2 Å². The van der Waals surface area contributed by atoms with Gasteiger partial charge in [0, 0.05) is 29.5 Å². The predicted octanol–water partition coefficient (Wildman–Crippen LogP) is 6.99. The number of carbonyl (C=O) groups excluding carboxylic acids is 1. The lowest BCUT2D eigenvalue weighted by Crippen LogP contribution is -2.51. The number of aromatic nitrogens is 2. The summed E-state index contributed by atoms with van der Waals surface area (Å²) in [6, 6.07) is 11.5. The number of imidazole rings is 1. The molecule has 2 N–H and O–H groups in total. The summed E-state index contributed by atoms with van der Waals surface area (Å²) in [5, 5.41) is 12.1. The Labute approximate surface area is 250 Å². The zero-order chi connectivity index (χ0) is 31.1.